The fourth-order valence-corrected chi connectivity index (χ4v) is 2.54. The molecule has 0 spiro atoms. The fourth-order valence-electron chi connectivity index (χ4n) is 2.42. The molecule has 0 radical (unpaired) electrons. The van der Waals surface area contributed by atoms with E-state index in [0.29, 0.717) is 6.04 Å². The van der Waals surface area contributed by atoms with Gasteiger partial charge in [0.2, 0.25) is 0 Å². The Morgan fingerprint density at radius 2 is 1.76 bits per heavy atom. The summed E-state index contributed by atoms with van der Waals surface area (Å²) in [5.41, 5.74) is 2.27. The van der Waals surface area contributed by atoms with Gasteiger partial charge in [-0.25, -0.2) is 4.39 Å². The lowest BCUT2D eigenvalue weighted by Crippen LogP contribution is -2.33. The summed E-state index contributed by atoms with van der Waals surface area (Å²) in [6, 6.07) is 15.1. The number of hydrogen-bond donors (Lipinski definition) is 1. The van der Waals surface area contributed by atoms with Gasteiger partial charge in [0, 0.05) is 11.1 Å². The average Bonchev–Trinajstić information content (AvgIpc) is 2.47. The second-order valence-corrected chi connectivity index (χ2v) is 5.75. The maximum atomic E-state index is 13.3. The maximum absolute atomic E-state index is 13.3. The quantitative estimate of drug-likeness (QED) is 0.786. The Kier molecular flexibility index (Phi) is 6.21. The van der Waals surface area contributed by atoms with E-state index in [9.17, 15) is 4.39 Å². The average molecular weight is 306 g/mol. The van der Waals surface area contributed by atoms with Crippen LogP contribution < -0.4 is 5.32 Å². The number of benzene rings is 2. The Bertz CT molecular complexity index is 553. The minimum absolute atomic E-state index is 0.173. The molecule has 1 N–H and O–H groups in total. The molecule has 0 aliphatic heterocycles. The first-order valence-electron chi connectivity index (χ1n) is 7.39. The van der Waals surface area contributed by atoms with Crippen LogP contribution in [0.2, 0.25) is 5.02 Å². The molecule has 2 aromatic carbocycles. The van der Waals surface area contributed by atoms with Crippen molar-refractivity contribution in [2.45, 2.75) is 32.2 Å². The van der Waals surface area contributed by atoms with Crippen molar-refractivity contribution in [1.29, 1.82) is 0 Å². The summed E-state index contributed by atoms with van der Waals surface area (Å²) in [6.07, 6.45) is 2.81. The molecule has 3 heteroatoms. The van der Waals surface area contributed by atoms with Crippen molar-refractivity contribution < 1.29 is 4.39 Å². The molecule has 0 saturated carbocycles. The molecule has 0 aliphatic carbocycles. The first-order chi connectivity index (χ1) is 10.2. The highest BCUT2D eigenvalue weighted by atomic mass is 35.5. The van der Waals surface area contributed by atoms with Crippen molar-refractivity contribution in [3.8, 4) is 0 Å². The molecule has 112 valence electrons. The summed E-state index contributed by atoms with van der Waals surface area (Å²) in [5, 5.41) is 4.30. The maximum Gasteiger partial charge on any atom is 0.123 e. The third-order valence-electron chi connectivity index (χ3n) is 3.45. The zero-order valence-corrected chi connectivity index (χ0v) is 13.0. The first kappa shape index (κ1) is 16.0. The molecule has 1 nitrogen and oxygen atoms in total. The Morgan fingerprint density at radius 3 is 2.43 bits per heavy atom. The molecule has 2 aromatic rings. The predicted octanol–water partition coefficient (Wildman–Crippen LogP) is 4.63. The number of hydrogen-bond acceptors (Lipinski definition) is 1. The van der Waals surface area contributed by atoms with Crippen LogP contribution in [0.3, 0.4) is 0 Å². The largest absolute Gasteiger partial charge is 0.313 e. The van der Waals surface area contributed by atoms with Crippen molar-refractivity contribution >= 4 is 11.6 Å². The third kappa shape index (κ3) is 5.49. The van der Waals surface area contributed by atoms with Crippen molar-refractivity contribution in [2.75, 3.05) is 6.54 Å². The molecule has 0 bridgehead atoms. The number of halogens is 2. The molecular weight excluding hydrogens is 285 g/mol. The van der Waals surface area contributed by atoms with Crippen molar-refractivity contribution in [2.24, 2.45) is 0 Å². The van der Waals surface area contributed by atoms with Gasteiger partial charge < -0.3 is 5.32 Å². The second kappa shape index (κ2) is 8.16. The van der Waals surface area contributed by atoms with Crippen LogP contribution in [-0.4, -0.2) is 12.6 Å². The normalized spacial score (nSPS) is 12.3. The Hall–Kier alpha value is -1.38. The topological polar surface area (TPSA) is 12.0 Å². The van der Waals surface area contributed by atoms with Crippen molar-refractivity contribution in [1.82, 2.24) is 5.32 Å². The Balaban J connectivity index is 2.04. The highest BCUT2D eigenvalue weighted by molar-refractivity contribution is 6.30. The highest BCUT2D eigenvalue weighted by Gasteiger charge is 2.10. The monoisotopic (exact) mass is 305 g/mol. The van der Waals surface area contributed by atoms with Gasteiger partial charge in [0.15, 0.2) is 0 Å². The highest BCUT2D eigenvalue weighted by Crippen LogP contribution is 2.14. The summed E-state index contributed by atoms with van der Waals surface area (Å²) in [4.78, 5) is 0. The third-order valence-corrected chi connectivity index (χ3v) is 3.70. The lowest BCUT2D eigenvalue weighted by atomic mass is 9.99. The minimum Gasteiger partial charge on any atom is -0.313 e. The van der Waals surface area contributed by atoms with E-state index in [-0.39, 0.29) is 5.82 Å². The molecule has 0 heterocycles. The van der Waals surface area contributed by atoms with E-state index in [2.05, 4.69) is 24.4 Å². The fraction of sp³-hybridized carbons (Fsp3) is 0.333. The number of nitrogens with one attached hydrogen (secondary N) is 1. The molecule has 21 heavy (non-hydrogen) atoms. The Labute approximate surface area is 131 Å². The summed E-state index contributed by atoms with van der Waals surface area (Å²) in [7, 11) is 0. The van der Waals surface area contributed by atoms with Crippen LogP contribution in [0.25, 0.3) is 0 Å². The van der Waals surface area contributed by atoms with E-state index in [1.165, 1.54) is 11.6 Å². The SMILES string of the molecule is CCCNC(Cc1ccc(Cl)cc1)Cc1cccc(F)c1. The first-order valence-corrected chi connectivity index (χ1v) is 7.77. The van der Waals surface area contributed by atoms with Crippen LogP contribution >= 0.6 is 11.6 Å². The van der Waals surface area contributed by atoms with E-state index in [1.54, 1.807) is 12.1 Å². The molecule has 2 rings (SSSR count). The van der Waals surface area contributed by atoms with Crippen LogP contribution in [0.1, 0.15) is 24.5 Å². The summed E-state index contributed by atoms with van der Waals surface area (Å²) in [6.45, 7) is 3.11. The van der Waals surface area contributed by atoms with Crippen LogP contribution in [0.4, 0.5) is 4.39 Å². The van der Waals surface area contributed by atoms with Gasteiger partial charge in [0.25, 0.3) is 0 Å². The molecule has 0 saturated heterocycles. The van der Waals surface area contributed by atoms with E-state index in [4.69, 9.17) is 11.6 Å². The lowest BCUT2D eigenvalue weighted by molar-refractivity contribution is 0.503. The molecule has 1 unspecified atom stereocenters. The van der Waals surface area contributed by atoms with Gasteiger partial charge in [0.1, 0.15) is 5.82 Å². The van der Waals surface area contributed by atoms with Gasteiger partial charge in [-0.3, -0.25) is 0 Å². The number of rotatable bonds is 7. The van der Waals surface area contributed by atoms with Gasteiger partial charge in [0.05, 0.1) is 0 Å². The van der Waals surface area contributed by atoms with Crippen LogP contribution in [0.15, 0.2) is 48.5 Å². The van der Waals surface area contributed by atoms with Crippen molar-refractivity contribution in [3.63, 3.8) is 0 Å². The lowest BCUT2D eigenvalue weighted by Gasteiger charge is -2.19. The molecule has 1 atom stereocenters. The molecule has 0 fully saturated rings. The molecular formula is C18H21ClFN. The molecule has 0 amide bonds. The van der Waals surface area contributed by atoms with E-state index in [0.717, 1.165) is 36.4 Å². The standard InChI is InChI=1S/C18H21ClFN/c1-2-10-21-18(12-14-6-8-16(19)9-7-14)13-15-4-3-5-17(20)11-15/h3-9,11,18,21H,2,10,12-13H2,1H3. The van der Waals surface area contributed by atoms with Gasteiger partial charge in [-0.05, 0) is 61.2 Å². The van der Waals surface area contributed by atoms with Gasteiger partial charge in [-0.2, -0.15) is 0 Å². The van der Waals surface area contributed by atoms with Crippen LogP contribution in [-0.2, 0) is 12.8 Å². The summed E-state index contributed by atoms with van der Waals surface area (Å²) < 4.78 is 13.3. The smallest absolute Gasteiger partial charge is 0.123 e. The van der Waals surface area contributed by atoms with Crippen molar-refractivity contribution in [3.05, 3.63) is 70.5 Å². The van der Waals surface area contributed by atoms with Crippen LogP contribution in [0.5, 0.6) is 0 Å². The Morgan fingerprint density at radius 1 is 1.05 bits per heavy atom. The van der Waals surface area contributed by atoms with Gasteiger partial charge >= 0.3 is 0 Å². The minimum atomic E-state index is -0.173. The molecule has 0 aliphatic rings. The van der Waals surface area contributed by atoms with Gasteiger partial charge in [-0.15, -0.1) is 0 Å². The summed E-state index contributed by atoms with van der Waals surface area (Å²) in [5.74, 6) is -0.173. The van der Waals surface area contributed by atoms with E-state index in [1.807, 2.05) is 18.2 Å². The zero-order chi connectivity index (χ0) is 15.1. The summed E-state index contributed by atoms with van der Waals surface area (Å²) >= 11 is 5.92. The predicted molar refractivity (Wildman–Crippen MR) is 87.3 cm³/mol. The zero-order valence-electron chi connectivity index (χ0n) is 12.3. The van der Waals surface area contributed by atoms with E-state index < -0.39 is 0 Å². The van der Waals surface area contributed by atoms with Gasteiger partial charge in [-0.1, -0.05) is 42.8 Å². The molecule has 0 aromatic heterocycles. The van der Waals surface area contributed by atoms with E-state index >= 15 is 0 Å². The second-order valence-electron chi connectivity index (χ2n) is 5.32. The van der Waals surface area contributed by atoms with Crippen LogP contribution in [0, 0.1) is 5.82 Å².